The summed E-state index contributed by atoms with van der Waals surface area (Å²) in [4.78, 5) is 13.7. The van der Waals surface area contributed by atoms with Gasteiger partial charge in [0.05, 0.1) is 5.92 Å². The minimum absolute atomic E-state index is 0.198. The Kier molecular flexibility index (Phi) is 5.78. The number of hydrogen-bond donors (Lipinski definition) is 1. The molecule has 3 nitrogen and oxygen atoms in total. The quantitative estimate of drug-likeness (QED) is 0.740. The molecule has 1 atom stereocenters. The highest BCUT2D eigenvalue weighted by molar-refractivity contribution is 5.79. The van der Waals surface area contributed by atoms with Gasteiger partial charge in [-0.2, -0.15) is 0 Å². The predicted molar refractivity (Wildman–Crippen MR) is 125 cm³/mol. The molecule has 1 heterocycles. The lowest BCUT2D eigenvalue weighted by Gasteiger charge is -2.30. The highest BCUT2D eigenvalue weighted by Gasteiger charge is 2.26. The monoisotopic (exact) mass is 413 g/mol. The van der Waals surface area contributed by atoms with Crippen molar-refractivity contribution in [2.24, 2.45) is 5.92 Å². The molecule has 1 saturated heterocycles. The summed E-state index contributed by atoms with van der Waals surface area (Å²) in [5.74, 6) is -0.838. The average Bonchev–Trinajstić information content (AvgIpc) is 2.99. The van der Waals surface area contributed by atoms with Crippen LogP contribution in [0, 0.1) is 5.92 Å². The van der Waals surface area contributed by atoms with E-state index in [2.05, 4.69) is 59.5 Å². The van der Waals surface area contributed by atoms with E-state index in [1.54, 1.807) is 0 Å². The van der Waals surface area contributed by atoms with Crippen LogP contribution in [0.4, 0.5) is 0 Å². The van der Waals surface area contributed by atoms with Crippen molar-refractivity contribution < 1.29 is 9.90 Å². The number of rotatable bonds is 4. The standard InChI is InChI=1S/C28H31NO2/c30-28(31)24-11-6-16-29(19-24)15-5-10-23-17-22-9-3-4-12-25(22)26-14-13-20-7-1-2-8-21(20)18-27(23)26/h1-4,7-10,12,24H,5-6,11,13-19H2,(H,30,31)/t24-/m1/s1. The largest absolute Gasteiger partial charge is 0.481 e. The van der Waals surface area contributed by atoms with Crippen LogP contribution in [-0.4, -0.2) is 35.6 Å². The lowest BCUT2D eigenvalue weighted by atomic mass is 9.79. The van der Waals surface area contributed by atoms with Gasteiger partial charge in [-0.15, -0.1) is 0 Å². The lowest BCUT2D eigenvalue weighted by Crippen LogP contribution is -2.39. The third kappa shape index (κ3) is 4.24. The van der Waals surface area contributed by atoms with E-state index < -0.39 is 5.97 Å². The SMILES string of the molecule is O=C(O)[C@@H]1CCCN(CCC=C2Cc3ccccc3C3=C2Cc2ccccc2CC3)C1. The summed E-state index contributed by atoms with van der Waals surface area (Å²) in [6.07, 6.45) is 9.50. The minimum Gasteiger partial charge on any atom is -0.481 e. The molecule has 2 aromatic rings. The molecular weight excluding hydrogens is 382 g/mol. The van der Waals surface area contributed by atoms with Crippen molar-refractivity contribution in [3.05, 3.63) is 88.0 Å². The number of fused-ring (bicyclic) bond motifs is 3. The first-order chi connectivity index (χ1) is 15.2. The molecule has 1 fully saturated rings. The van der Waals surface area contributed by atoms with Crippen molar-refractivity contribution in [3.8, 4) is 0 Å². The van der Waals surface area contributed by atoms with E-state index in [-0.39, 0.29) is 5.92 Å². The molecule has 2 aromatic carbocycles. The minimum atomic E-state index is -0.640. The second-order valence-electron chi connectivity index (χ2n) is 9.23. The van der Waals surface area contributed by atoms with Crippen LogP contribution in [0.2, 0.25) is 0 Å². The number of piperidine rings is 1. The van der Waals surface area contributed by atoms with E-state index in [1.807, 2.05) is 0 Å². The Morgan fingerprint density at radius 3 is 2.58 bits per heavy atom. The summed E-state index contributed by atoms with van der Waals surface area (Å²) in [5.41, 5.74) is 10.4. The van der Waals surface area contributed by atoms with Gasteiger partial charge in [0.2, 0.25) is 0 Å². The predicted octanol–water partition coefficient (Wildman–Crippen LogP) is 5.30. The number of carboxylic acids is 1. The van der Waals surface area contributed by atoms with Crippen molar-refractivity contribution >= 4 is 11.5 Å². The third-order valence-electron chi connectivity index (χ3n) is 7.30. The van der Waals surface area contributed by atoms with Gasteiger partial charge in [0, 0.05) is 13.1 Å². The van der Waals surface area contributed by atoms with E-state index in [4.69, 9.17) is 0 Å². The molecule has 3 aliphatic rings. The van der Waals surface area contributed by atoms with Crippen molar-refractivity contribution in [2.45, 2.75) is 44.9 Å². The molecule has 0 spiro atoms. The number of carboxylic acid groups (broad SMARTS) is 1. The number of hydrogen-bond acceptors (Lipinski definition) is 2. The number of benzene rings is 2. The summed E-state index contributed by atoms with van der Waals surface area (Å²) in [6, 6.07) is 17.8. The van der Waals surface area contributed by atoms with E-state index >= 15 is 0 Å². The van der Waals surface area contributed by atoms with Crippen LogP contribution in [0.5, 0.6) is 0 Å². The molecule has 0 aromatic heterocycles. The molecule has 5 rings (SSSR count). The van der Waals surface area contributed by atoms with Crippen LogP contribution in [0.25, 0.3) is 5.57 Å². The van der Waals surface area contributed by atoms with Crippen molar-refractivity contribution in [2.75, 3.05) is 19.6 Å². The van der Waals surface area contributed by atoms with Gasteiger partial charge in [-0.1, -0.05) is 54.6 Å². The van der Waals surface area contributed by atoms with E-state index in [0.717, 1.165) is 58.0 Å². The van der Waals surface area contributed by atoms with Gasteiger partial charge < -0.3 is 10.0 Å². The molecule has 160 valence electrons. The molecular formula is C28H31NO2. The molecule has 1 N–H and O–H groups in total. The Morgan fingerprint density at radius 1 is 0.968 bits per heavy atom. The van der Waals surface area contributed by atoms with Gasteiger partial charge in [0.1, 0.15) is 0 Å². The number of aliphatic carboxylic acids is 1. The van der Waals surface area contributed by atoms with E-state index in [9.17, 15) is 9.90 Å². The zero-order chi connectivity index (χ0) is 21.2. The molecule has 1 aliphatic heterocycles. The first-order valence-electron chi connectivity index (χ1n) is 11.7. The Balaban J connectivity index is 1.40. The molecule has 2 aliphatic carbocycles. The van der Waals surface area contributed by atoms with Gasteiger partial charge in [-0.25, -0.2) is 0 Å². The molecule has 0 saturated carbocycles. The van der Waals surface area contributed by atoms with E-state index in [1.165, 1.54) is 39.0 Å². The summed E-state index contributed by atoms with van der Waals surface area (Å²) in [7, 11) is 0. The Labute approximate surface area is 185 Å². The zero-order valence-corrected chi connectivity index (χ0v) is 18.1. The number of likely N-dealkylation sites (tertiary alicyclic amines) is 1. The van der Waals surface area contributed by atoms with Crippen LogP contribution < -0.4 is 0 Å². The summed E-state index contributed by atoms with van der Waals surface area (Å²) in [5, 5.41) is 9.37. The summed E-state index contributed by atoms with van der Waals surface area (Å²) in [6.45, 7) is 2.67. The second kappa shape index (κ2) is 8.84. The number of aryl methyl sites for hydroxylation is 1. The zero-order valence-electron chi connectivity index (χ0n) is 18.1. The van der Waals surface area contributed by atoms with Gasteiger partial charge >= 0.3 is 5.97 Å². The highest BCUT2D eigenvalue weighted by Crippen LogP contribution is 2.41. The molecule has 0 amide bonds. The molecule has 0 radical (unpaired) electrons. The third-order valence-corrected chi connectivity index (χ3v) is 7.30. The lowest BCUT2D eigenvalue weighted by molar-refractivity contribution is -0.143. The van der Waals surface area contributed by atoms with Crippen molar-refractivity contribution in [1.29, 1.82) is 0 Å². The maximum absolute atomic E-state index is 11.4. The Bertz CT molecular complexity index is 1050. The molecule has 0 unspecified atom stereocenters. The fourth-order valence-electron chi connectivity index (χ4n) is 5.64. The number of allylic oxidation sites excluding steroid dienone is 3. The number of nitrogens with zero attached hydrogens (tertiary/aromatic N) is 1. The fraction of sp³-hybridized carbons (Fsp3) is 0.393. The van der Waals surface area contributed by atoms with Crippen LogP contribution in [0.1, 0.15) is 47.9 Å². The van der Waals surface area contributed by atoms with Gasteiger partial charge in [0.15, 0.2) is 0 Å². The maximum atomic E-state index is 11.4. The number of carbonyl (C=O) groups is 1. The molecule has 0 bridgehead atoms. The maximum Gasteiger partial charge on any atom is 0.307 e. The van der Waals surface area contributed by atoms with Crippen LogP contribution in [-0.2, 0) is 24.1 Å². The smallest absolute Gasteiger partial charge is 0.307 e. The average molecular weight is 414 g/mol. The van der Waals surface area contributed by atoms with E-state index in [0.29, 0.717) is 6.54 Å². The van der Waals surface area contributed by atoms with Crippen molar-refractivity contribution in [3.63, 3.8) is 0 Å². The summed E-state index contributed by atoms with van der Waals surface area (Å²) < 4.78 is 0. The summed E-state index contributed by atoms with van der Waals surface area (Å²) >= 11 is 0. The van der Waals surface area contributed by atoms with Crippen LogP contribution >= 0.6 is 0 Å². The topological polar surface area (TPSA) is 40.5 Å². The first kappa shape index (κ1) is 20.3. The normalized spacial score (nSPS) is 22.5. The Morgan fingerprint density at radius 2 is 1.74 bits per heavy atom. The molecule has 3 heteroatoms. The molecule has 31 heavy (non-hydrogen) atoms. The highest BCUT2D eigenvalue weighted by atomic mass is 16.4. The van der Waals surface area contributed by atoms with Crippen molar-refractivity contribution in [1.82, 2.24) is 4.90 Å². The second-order valence-corrected chi connectivity index (χ2v) is 9.23. The first-order valence-corrected chi connectivity index (χ1v) is 11.7. The van der Waals surface area contributed by atoms with Gasteiger partial charge in [-0.3, -0.25) is 4.79 Å². The van der Waals surface area contributed by atoms with Gasteiger partial charge in [-0.05, 0) is 90.5 Å². The van der Waals surface area contributed by atoms with Gasteiger partial charge in [0.25, 0.3) is 0 Å². The Hall–Kier alpha value is -2.65. The van der Waals surface area contributed by atoms with Crippen LogP contribution in [0.3, 0.4) is 0 Å². The fourth-order valence-corrected chi connectivity index (χ4v) is 5.64. The van der Waals surface area contributed by atoms with Crippen LogP contribution in [0.15, 0.2) is 65.8 Å².